The molecule has 114 valence electrons. The standard InChI is InChI=1S/C16H21NO4/c1-4-5-8-17-9-12-13(20-10-17)6-7-14(15(12)18)21-16(19)11(2)3/h6-7,18H,2,4-5,8-10H2,1,3H3. The molecule has 5 nitrogen and oxygen atoms in total. The van der Waals surface area contributed by atoms with Crippen molar-refractivity contribution in [2.24, 2.45) is 0 Å². The molecule has 21 heavy (non-hydrogen) atoms. The van der Waals surface area contributed by atoms with E-state index in [1.54, 1.807) is 13.0 Å². The molecule has 0 atom stereocenters. The van der Waals surface area contributed by atoms with Crippen molar-refractivity contribution < 1.29 is 19.4 Å². The Hall–Kier alpha value is -2.01. The second-order valence-corrected chi connectivity index (χ2v) is 5.24. The molecular weight excluding hydrogens is 270 g/mol. The molecule has 1 aromatic rings. The molecule has 5 heteroatoms. The molecular formula is C16H21NO4. The SMILES string of the molecule is C=C(C)C(=O)Oc1ccc2c(c1O)CN(CCCC)CO2. The van der Waals surface area contributed by atoms with Crippen LogP contribution >= 0.6 is 0 Å². The molecule has 1 aliphatic rings. The van der Waals surface area contributed by atoms with Crippen molar-refractivity contribution in [2.75, 3.05) is 13.3 Å². The van der Waals surface area contributed by atoms with Crippen molar-refractivity contribution in [1.82, 2.24) is 4.90 Å². The van der Waals surface area contributed by atoms with Crippen LogP contribution in [0.25, 0.3) is 0 Å². The van der Waals surface area contributed by atoms with Crippen LogP contribution in [0.3, 0.4) is 0 Å². The Kier molecular flexibility index (Phi) is 4.85. The summed E-state index contributed by atoms with van der Waals surface area (Å²) in [6, 6.07) is 3.25. The topological polar surface area (TPSA) is 59.0 Å². The fourth-order valence-electron chi connectivity index (χ4n) is 2.11. The molecule has 0 radical (unpaired) electrons. The largest absolute Gasteiger partial charge is 0.504 e. The van der Waals surface area contributed by atoms with Crippen LogP contribution in [0.4, 0.5) is 0 Å². The first-order valence-corrected chi connectivity index (χ1v) is 7.10. The number of unbranched alkanes of at least 4 members (excludes halogenated alkanes) is 1. The van der Waals surface area contributed by atoms with Crippen molar-refractivity contribution in [2.45, 2.75) is 33.2 Å². The summed E-state index contributed by atoms with van der Waals surface area (Å²) in [5.74, 6) is 0.186. The second kappa shape index (κ2) is 6.63. The van der Waals surface area contributed by atoms with E-state index in [1.165, 1.54) is 6.07 Å². The van der Waals surface area contributed by atoms with Crippen molar-refractivity contribution >= 4 is 5.97 Å². The summed E-state index contributed by atoms with van der Waals surface area (Å²) in [4.78, 5) is 13.7. The Morgan fingerprint density at radius 2 is 2.29 bits per heavy atom. The van der Waals surface area contributed by atoms with Crippen molar-refractivity contribution in [1.29, 1.82) is 0 Å². The van der Waals surface area contributed by atoms with E-state index in [1.807, 2.05) is 0 Å². The van der Waals surface area contributed by atoms with Crippen LogP contribution in [0.1, 0.15) is 32.3 Å². The number of phenols is 1. The van der Waals surface area contributed by atoms with Gasteiger partial charge in [0.2, 0.25) is 0 Å². The highest BCUT2D eigenvalue weighted by Crippen LogP contribution is 2.39. The minimum absolute atomic E-state index is 0.0386. The molecule has 1 N–H and O–H groups in total. The number of nitrogens with zero attached hydrogens (tertiary/aromatic N) is 1. The zero-order chi connectivity index (χ0) is 15.4. The third-order valence-corrected chi connectivity index (χ3v) is 3.37. The van der Waals surface area contributed by atoms with Crippen LogP contribution in [0, 0.1) is 0 Å². The van der Waals surface area contributed by atoms with Gasteiger partial charge in [0.05, 0.1) is 5.56 Å². The van der Waals surface area contributed by atoms with Crippen LogP contribution in [-0.4, -0.2) is 29.3 Å². The smallest absolute Gasteiger partial charge is 0.338 e. The van der Waals surface area contributed by atoms with E-state index in [0.717, 1.165) is 19.4 Å². The molecule has 0 unspecified atom stereocenters. The number of hydrogen-bond acceptors (Lipinski definition) is 5. The maximum absolute atomic E-state index is 11.6. The van der Waals surface area contributed by atoms with Crippen molar-refractivity contribution in [3.05, 3.63) is 29.8 Å². The summed E-state index contributed by atoms with van der Waals surface area (Å²) < 4.78 is 10.8. The van der Waals surface area contributed by atoms with E-state index in [4.69, 9.17) is 9.47 Å². The first kappa shape index (κ1) is 15.4. The highest BCUT2D eigenvalue weighted by molar-refractivity contribution is 5.89. The van der Waals surface area contributed by atoms with E-state index in [2.05, 4.69) is 18.4 Å². The quantitative estimate of drug-likeness (QED) is 0.513. The Morgan fingerprint density at radius 3 is 2.95 bits per heavy atom. The number of hydrogen-bond donors (Lipinski definition) is 1. The van der Waals surface area contributed by atoms with E-state index >= 15 is 0 Å². The van der Waals surface area contributed by atoms with Gasteiger partial charge < -0.3 is 14.6 Å². The number of aromatic hydroxyl groups is 1. The summed E-state index contributed by atoms with van der Waals surface area (Å²) in [7, 11) is 0. The van der Waals surface area contributed by atoms with Crippen molar-refractivity contribution in [3.63, 3.8) is 0 Å². The van der Waals surface area contributed by atoms with Gasteiger partial charge >= 0.3 is 5.97 Å². The minimum Gasteiger partial charge on any atom is -0.504 e. The van der Waals surface area contributed by atoms with Gasteiger partial charge in [0.25, 0.3) is 0 Å². The molecule has 0 aromatic heterocycles. The summed E-state index contributed by atoms with van der Waals surface area (Å²) >= 11 is 0. The lowest BCUT2D eigenvalue weighted by Gasteiger charge is -2.29. The number of esters is 1. The number of fused-ring (bicyclic) bond motifs is 1. The van der Waals surface area contributed by atoms with Crippen LogP contribution < -0.4 is 9.47 Å². The molecule has 0 spiro atoms. The van der Waals surface area contributed by atoms with E-state index in [0.29, 0.717) is 24.6 Å². The fourth-order valence-corrected chi connectivity index (χ4v) is 2.11. The fraction of sp³-hybridized carbons (Fsp3) is 0.438. The summed E-state index contributed by atoms with van der Waals surface area (Å²) in [5, 5.41) is 10.3. The molecule has 1 heterocycles. The van der Waals surface area contributed by atoms with Crippen LogP contribution in [0.5, 0.6) is 17.2 Å². The van der Waals surface area contributed by atoms with Gasteiger partial charge in [-0.25, -0.2) is 4.79 Å². The molecule has 0 saturated carbocycles. The van der Waals surface area contributed by atoms with Crippen LogP contribution in [-0.2, 0) is 11.3 Å². The van der Waals surface area contributed by atoms with E-state index in [9.17, 15) is 9.90 Å². The Labute approximate surface area is 124 Å². The van der Waals surface area contributed by atoms with Gasteiger partial charge in [-0.2, -0.15) is 0 Å². The van der Waals surface area contributed by atoms with Gasteiger partial charge in [-0.1, -0.05) is 19.9 Å². The molecule has 0 aliphatic carbocycles. The Bertz CT molecular complexity index is 553. The monoisotopic (exact) mass is 291 g/mol. The van der Waals surface area contributed by atoms with Gasteiger partial charge in [0.15, 0.2) is 11.5 Å². The van der Waals surface area contributed by atoms with Gasteiger partial charge in [0, 0.05) is 18.7 Å². The number of carbonyl (C=O) groups is 1. The molecule has 1 aliphatic heterocycles. The predicted octanol–water partition coefficient (Wildman–Crippen LogP) is 2.83. The zero-order valence-corrected chi connectivity index (χ0v) is 12.5. The average molecular weight is 291 g/mol. The number of carbonyl (C=O) groups excluding carboxylic acids is 1. The first-order valence-electron chi connectivity index (χ1n) is 7.10. The summed E-state index contributed by atoms with van der Waals surface area (Å²) in [6.45, 7) is 9.22. The summed E-state index contributed by atoms with van der Waals surface area (Å²) in [5.41, 5.74) is 0.942. The molecule has 0 bridgehead atoms. The number of ether oxygens (including phenoxy) is 2. The highest BCUT2D eigenvalue weighted by atomic mass is 16.5. The van der Waals surface area contributed by atoms with Crippen molar-refractivity contribution in [3.8, 4) is 17.2 Å². The first-order chi connectivity index (χ1) is 10.0. The lowest BCUT2D eigenvalue weighted by atomic mass is 10.1. The van der Waals surface area contributed by atoms with Crippen LogP contribution in [0.2, 0.25) is 0 Å². The average Bonchev–Trinajstić information content (AvgIpc) is 2.48. The second-order valence-electron chi connectivity index (χ2n) is 5.24. The van der Waals surface area contributed by atoms with Gasteiger partial charge in [-0.15, -0.1) is 0 Å². The Balaban J connectivity index is 2.18. The lowest BCUT2D eigenvalue weighted by molar-refractivity contribution is -0.130. The highest BCUT2D eigenvalue weighted by Gasteiger charge is 2.23. The third-order valence-electron chi connectivity index (χ3n) is 3.37. The van der Waals surface area contributed by atoms with Gasteiger partial charge in [0.1, 0.15) is 12.5 Å². The minimum atomic E-state index is -0.551. The lowest BCUT2D eigenvalue weighted by Crippen LogP contribution is -2.32. The zero-order valence-electron chi connectivity index (χ0n) is 12.5. The third kappa shape index (κ3) is 3.55. The Morgan fingerprint density at radius 1 is 1.52 bits per heavy atom. The maximum Gasteiger partial charge on any atom is 0.338 e. The molecule has 2 rings (SSSR count). The summed E-state index contributed by atoms with van der Waals surface area (Å²) in [6.07, 6.45) is 2.18. The predicted molar refractivity (Wildman–Crippen MR) is 79.4 cm³/mol. The number of phenolic OH excluding ortho intramolecular Hbond substituents is 1. The molecule has 0 saturated heterocycles. The van der Waals surface area contributed by atoms with Gasteiger partial charge in [-0.05, 0) is 25.5 Å². The van der Waals surface area contributed by atoms with E-state index < -0.39 is 5.97 Å². The molecule has 0 amide bonds. The number of rotatable bonds is 5. The molecule has 1 aromatic carbocycles. The maximum atomic E-state index is 11.6. The number of benzene rings is 1. The van der Waals surface area contributed by atoms with Gasteiger partial charge in [-0.3, -0.25) is 4.90 Å². The molecule has 0 fully saturated rings. The van der Waals surface area contributed by atoms with E-state index in [-0.39, 0.29) is 17.1 Å². The normalized spacial score (nSPS) is 14.2. The van der Waals surface area contributed by atoms with Crippen LogP contribution in [0.15, 0.2) is 24.3 Å².